The Morgan fingerprint density at radius 2 is 2.10 bits per heavy atom. The maximum atomic E-state index is 11.1. The Hall–Kier alpha value is -1.75. The minimum absolute atomic E-state index is 0.0404. The molecule has 0 fully saturated rings. The minimum atomic E-state index is -0.0404. The van der Waals surface area contributed by atoms with Gasteiger partial charge in [-0.1, -0.05) is 13.0 Å². The topological polar surface area (TPSA) is 59.6 Å². The zero-order chi connectivity index (χ0) is 15.0. The molecule has 1 aromatic rings. The second-order valence-corrected chi connectivity index (χ2v) is 4.46. The second-order valence-electron chi connectivity index (χ2n) is 4.46. The third kappa shape index (κ3) is 4.74. The average molecular weight is 280 g/mol. The van der Waals surface area contributed by atoms with Crippen molar-refractivity contribution in [2.75, 3.05) is 27.3 Å². The highest BCUT2D eigenvalue weighted by atomic mass is 16.5. The molecule has 0 saturated carbocycles. The van der Waals surface area contributed by atoms with E-state index in [-0.39, 0.29) is 11.9 Å². The quantitative estimate of drug-likeness (QED) is 0.763. The van der Waals surface area contributed by atoms with Crippen molar-refractivity contribution in [3.8, 4) is 11.5 Å². The summed E-state index contributed by atoms with van der Waals surface area (Å²) in [6.07, 6.45) is 0.329. The van der Waals surface area contributed by atoms with Gasteiger partial charge in [0.05, 0.1) is 20.1 Å². The lowest BCUT2D eigenvalue weighted by atomic mass is 10.1. The molecule has 2 N–H and O–H groups in total. The average Bonchev–Trinajstić information content (AvgIpc) is 2.47. The van der Waals surface area contributed by atoms with Crippen LogP contribution >= 0.6 is 0 Å². The summed E-state index contributed by atoms with van der Waals surface area (Å²) in [5.41, 5.74) is 1.14. The number of methoxy groups -OCH3 is 1. The highest BCUT2D eigenvalue weighted by Crippen LogP contribution is 2.30. The highest BCUT2D eigenvalue weighted by molar-refractivity contribution is 5.75. The molecule has 0 aliphatic rings. The SMILES string of the molecule is CCNC(C)c1ccc(OCCC(=O)NC)c(OC)c1. The standard InChI is InChI=1S/C15H24N2O3/c1-5-17-11(2)12-6-7-13(14(10-12)19-4)20-9-8-15(18)16-3/h6-7,10-11,17H,5,8-9H2,1-4H3,(H,16,18). The fourth-order valence-electron chi connectivity index (χ4n) is 1.88. The lowest BCUT2D eigenvalue weighted by molar-refractivity contribution is -0.121. The van der Waals surface area contributed by atoms with Gasteiger partial charge >= 0.3 is 0 Å². The highest BCUT2D eigenvalue weighted by Gasteiger charge is 2.10. The van der Waals surface area contributed by atoms with E-state index in [0.29, 0.717) is 24.5 Å². The second kappa shape index (κ2) is 8.43. The van der Waals surface area contributed by atoms with E-state index in [0.717, 1.165) is 12.1 Å². The van der Waals surface area contributed by atoms with Crippen LogP contribution in [0.4, 0.5) is 0 Å². The molecule has 5 nitrogen and oxygen atoms in total. The maximum Gasteiger partial charge on any atom is 0.223 e. The van der Waals surface area contributed by atoms with Gasteiger partial charge in [-0.05, 0) is 31.2 Å². The van der Waals surface area contributed by atoms with Gasteiger partial charge in [-0.25, -0.2) is 0 Å². The molecule has 0 aliphatic heterocycles. The van der Waals surface area contributed by atoms with Crippen LogP contribution in [0.3, 0.4) is 0 Å². The summed E-state index contributed by atoms with van der Waals surface area (Å²) in [6, 6.07) is 6.10. The molecule has 20 heavy (non-hydrogen) atoms. The van der Waals surface area contributed by atoms with Crippen molar-refractivity contribution in [2.24, 2.45) is 0 Å². The smallest absolute Gasteiger partial charge is 0.223 e. The molecular weight excluding hydrogens is 256 g/mol. The van der Waals surface area contributed by atoms with Gasteiger partial charge in [-0.3, -0.25) is 4.79 Å². The fourth-order valence-corrected chi connectivity index (χ4v) is 1.88. The zero-order valence-electron chi connectivity index (χ0n) is 12.7. The van der Waals surface area contributed by atoms with Crippen molar-refractivity contribution in [2.45, 2.75) is 26.3 Å². The molecule has 1 atom stereocenters. The van der Waals surface area contributed by atoms with Crippen LogP contribution in [0, 0.1) is 0 Å². The first kappa shape index (κ1) is 16.3. The van der Waals surface area contributed by atoms with Gasteiger partial charge < -0.3 is 20.1 Å². The van der Waals surface area contributed by atoms with Crippen LogP contribution in [0.5, 0.6) is 11.5 Å². The number of hydrogen-bond donors (Lipinski definition) is 2. The third-order valence-corrected chi connectivity index (χ3v) is 3.06. The summed E-state index contributed by atoms with van der Waals surface area (Å²) < 4.78 is 10.9. The largest absolute Gasteiger partial charge is 0.493 e. The van der Waals surface area contributed by atoms with E-state index in [1.165, 1.54) is 0 Å². The van der Waals surface area contributed by atoms with Gasteiger partial charge in [-0.15, -0.1) is 0 Å². The number of ether oxygens (including phenoxy) is 2. The number of hydrogen-bond acceptors (Lipinski definition) is 4. The van der Waals surface area contributed by atoms with E-state index in [4.69, 9.17) is 9.47 Å². The Labute approximate surface area is 120 Å². The van der Waals surface area contributed by atoms with Crippen molar-refractivity contribution < 1.29 is 14.3 Å². The molecule has 0 saturated heterocycles. The first-order valence-corrected chi connectivity index (χ1v) is 6.87. The van der Waals surface area contributed by atoms with Crippen LogP contribution in [0.25, 0.3) is 0 Å². The van der Waals surface area contributed by atoms with Crippen molar-refractivity contribution in [1.29, 1.82) is 0 Å². The normalized spacial score (nSPS) is 11.8. The van der Waals surface area contributed by atoms with Crippen molar-refractivity contribution in [3.05, 3.63) is 23.8 Å². The Bertz CT molecular complexity index is 435. The summed E-state index contributed by atoms with van der Waals surface area (Å²) in [4.78, 5) is 11.1. The molecular formula is C15H24N2O3. The lowest BCUT2D eigenvalue weighted by Crippen LogP contribution is -2.20. The molecule has 112 valence electrons. The Morgan fingerprint density at radius 3 is 2.70 bits per heavy atom. The number of benzene rings is 1. The number of amides is 1. The molecule has 0 bridgehead atoms. The van der Waals surface area contributed by atoms with Crippen LogP contribution in [0.2, 0.25) is 0 Å². The van der Waals surface area contributed by atoms with E-state index < -0.39 is 0 Å². The maximum absolute atomic E-state index is 11.1. The van der Waals surface area contributed by atoms with Gasteiger partial charge in [0.2, 0.25) is 5.91 Å². The van der Waals surface area contributed by atoms with E-state index in [2.05, 4.69) is 24.5 Å². The molecule has 1 aromatic carbocycles. The summed E-state index contributed by atoms with van der Waals surface area (Å²) in [6.45, 7) is 5.42. The predicted octanol–water partition coefficient (Wildman–Crippen LogP) is 1.88. The fraction of sp³-hybridized carbons (Fsp3) is 0.533. The van der Waals surface area contributed by atoms with E-state index in [9.17, 15) is 4.79 Å². The molecule has 0 spiro atoms. The van der Waals surface area contributed by atoms with Crippen LogP contribution < -0.4 is 20.1 Å². The molecule has 1 rings (SSSR count). The Balaban J connectivity index is 2.70. The van der Waals surface area contributed by atoms with Gasteiger partial charge in [0.15, 0.2) is 11.5 Å². The molecule has 0 heterocycles. The van der Waals surface area contributed by atoms with Gasteiger partial charge in [0.1, 0.15) is 0 Å². The monoisotopic (exact) mass is 280 g/mol. The van der Waals surface area contributed by atoms with E-state index in [1.54, 1.807) is 14.2 Å². The minimum Gasteiger partial charge on any atom is -0.493 e. The molecule has 1 unspecified atom stereocenters. The first-order chi connectivity index (χ1) is 9.62. The zero-order valence-corrected chi connectivity index (χ0v) is 12.7. The van der Waals surface area contributed by atoms with Gasteiger partial charge in [-0.2, -0.15) is 0 Å². The predicted molar refractivity (Wildman–Crippen MR) is 79.3 cm³/mol. The van der Waals surface area contributed by atoms with Crippen LogP contribution in [-0.2, 0) is 4.79 Å². The summed E-state index contributed by atoms with van der Waals surface area (Å²) in [5, 5.41) is 5.91. The number of carbonyl (C=O) groups is 1. The van der Waals surface area contributed by atoms with Crippen molar-refractivity contribution in [3.63, 3.8) is 0 Å². The number of carbonyl (C=O) groups excluding carboxylic acids is 1. The number of rotatable bonds is 8. The summed E-state index contributed by atoms with van der Waals surface area (Å²) in [5.74, 6) is 1.30. The Kier molecular flexibility index (Phi) is 6.87. The lowest BCUT2D eigenvalue weighted by Gasteiger charge is -2.16. The summed E-state index contributed by atoms with van der Waals surface area (Å²) in [7, 11) is 3.22. The molecule has 0 radical (unpaired) electrons. The van der Waals surface area contributed by atoms with Crippen LogP contribution in [0.1, 0.15) is 31.9 Å². The third-order valence-electron chi connectivity index (χ3n) is 3.06. The molecule has 0 aliphatic carbocycles. The number of nitrogens with one attached hydrogen (secondary N) is 2. The van der Waals surface area contributed by atoms with Gasteiger partial charge in [0.25, 0.3) is 0 Å². The van der Waals surface area contributed by atoms with Gasteiger partial charge in [0, 0.05) is 13.1 Å². The molecule has 5 heteroatoms. The first-order valence-electron chi connectivity index (χ1n) is 6.87. The molecule has 0 aromatic heterocycles. The summed E-state index contributed by atoms with van der Waals surface area (Å²) >= 11 is 0. The van der Waals surface area contributed by atoms with E-state index in [1.807, 2.05) is 18.2 Å². The van der Waals surface area contributed by atoms with Crippen molar-refractivity contribution in [1.82, 2.24) is 10.6 Å². The molecule has 1 amide bonds. The van der Waals surface area contributed by atoms with Crippen LogP contribution in [-0.4, -0.2) is 33.2 Å². The Morgan fingerprint density at radius 1 is 1.35 bits per heavy atom. The van der Waals surface area contributed by atoms with E-state index >= 15 is 0 Å². The van der Waals surface area contributed by atoms with Crippen molar-refractivity contribution >= 4 is 5.91 Å². The van der Waals surface area contributed by atoms with Crippen LogP contribution in [0.15, 0.2) is 18.2 Å².